The summed E-state index contributed by atoms with van der Waals surface area (Å²) in [6, 6.07) is 60.1. The van der Waals surface area contributed by atoms with E-state index in [2.05, 4.69) is 161 Å². The summed E-state index contributed by atoms with van der Waals surface area (Å²) >= 11 is 0. The van der Waals surface area contributed by atoms with E-state index in [1.807, 2.05) is 18.2 Å². The van der Waals surface area contributed by atoms with Crippen molar-refractivity contribution in [3.8, 4) is 39.7 Å². The Morgan fingerprint density at radius 3 is 1.79 bits per heavy atom. The van der Waals surface area contributed by atoms with Gasteiger partial charge >= 0.3 is 0 Å². The van der Waals surface area contributed by atoms with Crippen LogP contribution in [-0.2, 0) is 0 Å². The molecule has 0 unspecified atom stereocenters. The number of rotatable bonds is 4. The van der Waals surface area contributed by atoms with Crippen molar-refractivity contribution in [2.75, 3.05) is 0 Å². The zero-order chi connectivity index (χ0) is 31.6. The van der Waals surface area contributed by atoms with E-state index in [0.717, 1.165) is 50.3 Å². The molecule has 0 aliphatic carbocycles. The van der Waals surface area contributed by atoms with E-state index in [-0.39, 0.29) is 0 Å². The van der Waals surface area contributed by atoms with Gasteiger partial charge in [-0.2, -0.15) is 0 Å². The standard InChI is InChI=1S/C44H28N4/c1-3-14-30(15-4-1)41-35-19-9-10-20-36(35)44-46-42(31-16-5-2-6-17-31)45-43(48(41)44)32-23-26-33(27-24-32)47-38-22-12-11-21-37(38)40-34-18-8-7-13-29(34)25-28-39(40)47/h1-28H. The summed E-state index contributed by atoms with van der Waals surface area (Å²) in [5.41, 5.74) is 8.61. The number of para-hydroxylation sites is 1. The average molecular weight is 613 g/mol. The first-order chi connectivity index (χ1) is 23.8. The van der Waals surface area contributed by atoms with E-state index in [1.54, 1.807) is 0 Å². The van der Waals surface area contributed by atoms with Crippen LogP contribution in [0.3, 0.4) is 0 Å². The predicted molar refractivity (Wildman–Crippen MR) is 199 cm³/mol. The molecule has 10 rings (SSSR count). The van der Waals surface area contributed by atoms with Gasteiger partial charge in [-0.3, -0.25) is 4.40 Å². The molecule has 3 heterocycles. The van der Waals surface area contributed by atoms with Crippen LogP contribution in [0, 0.1) is 0 Å². The van der Waals surface area contributed by atoms with Gasteiger partial charge in [0, 0.05) is 38.4 Å². The smallest absolute Gasteiger partial charge is 0.163 e. The van der Waals surface area contributed by atoms with Gasteiger partial charge in [-0.1, -0.05) is 133 Å². The lowest BCUT2D eigenvalue weighted by atomic mass is 10.0. The van der Waals surface area contributed by atoms with Crippen molar-refractivity contribution >= 4 is 49.0 Å². The highest BCUT2D eigenvalue weighted by molar-refractivity contribution is 6.21. The highest BCUT2D eigenvalue weighted by atomic mass is 15.1. The van der Waals surface area contributed by atoms with Gasteiger partial charge in [0.05, 0.1) is 16.7 Å². The van der Waals surface area contributed by atoms with Crippen LogP contribution in [-0.4, -0.2) is 18.9 Å². The SMILES string of the molecule is c1ccc(-c2nc(-c3ccc(-n4c5ccccc5c5c6ccccc6ccc54)cc3)n3c(-c4ccccc4)c4ccccc4c3n2)cc1. The van der Waals surface area contributed by atoms with Crippen LogP contribution in [0.15, 0.2) is 170 Å². The normalized spacial score (nSPS) is 11.8. The molecule has 0 spiro atoms. The lowest BCUT2D eigenvalue weighted by Crippen LogP contribution is -2.03. The molecule has 0 aliphatic heterocycles. The summed E-state index contributed by atoms with van der Waals surface area (Å²) in [6.07, 6.45) is 0. The highest BCUT2D eigenvalue weighted by Crippen LogP contribution is 2.39. The molecular formula is C44H28N4. The molecule has 10 aromatic rings. The van der Waals surface area contributed by atoms with Crippen LogP contribution in [0.4, 0.5) is 0 Å². The first-order valence-electron chi connectivity index (χ1n) is 16.3. The Hall–Kier alpha value is -6.52. The molecule has 0 fully saturated rings. The van der Waals surface area contributed by atoms with Crippen LogP contribution in [0.25, 0.3) is 88.7 Å². The maximum atomic E-state index is 5.29. The molecular weight excluding hydrogens is 585 g/mol. The number of aromatic nitrogens is 4. The first kappa shape index (κ1) is 26.7. The van der Waals surface area contributed by atoms with Crippen molar-refractivity contribution in [3.05, 3.63) is 170 Å². The van der Waals surface area contributed by atoms with Gasteiger partial charge in [0.15, 0.2) is 5.82 Å². The molecule has 0 N–H and O–H groups in total. The van der Waals surface area contributed by atoms with Crippen LogP contribution >= 0.6 is 0 Å². The fourth-order valence-corrected chi connectivity index (χ4v) is 7.39. The van der Waals surface area contributed by atoms with Crippen LogP contribution < -0.4 is 0 Å². The third-order valence-corrected chi connectivity index (χ3v) is 9.52. The topological polar surface area (TPSA) is 35.1 Å². The molecule has 0 atom stereocenters. The van der Waals surface area contributed by atoms with Crippen molar-refractivity contribution in [1.29, 1.82) is 0 Å². The van der Waals surface area contributed by atoms with Crippen LogP contribution in [0.2, 0.25) is 0 Å². The minimum Gasteiger partial charge on any atom is -0.309 e. The molecule has 0 aliphatic rings. The maximum Gasteiger partial charge on any atom is 0.163 e. The highest BCUT2D eigenvalue weighted by Gasteiger charge is 2.21. The molecule has 0 amide bonds. The number of fused-ring (bicyclic) bond motifs is 8. The van der Waals surface area contributed by atoms with E-state index in [9.17, 15) is 0 Å². The molecule has 48 heavy (non-hydrogen) atoms. The van der Waals surface area contributed by atoms with Crippen LogP contribution in [0.5, 0.6) is 0 Å². The van der Waals surface area contributed by atoms with Gasteiger partial charge < -0.3 is 4.57 Å². The van der Waals surface area contributed by atoms with E-state index >= 15 is 0 Å². The van der Waals surface area contributed by atoms with Crippen molar-refractivity contribution in [1.82, 2.24) is 18.9 Å². The Morgan fingerprint density at radius 2 is 1.02 bits per heavy atom. The zero-order valence-electron chi connectivity index (χ0n) is 26.0. The zero-order valence-corrected chi connectivity index (χ0v) is 26.0. The summed E-state index contributed by atoms with van der Waals surface area (Å²) in [4.78, 5) is 10.5. The van der Waals surface area contributed by atoms with E-state index < -0.39 is 0 Å². The molecule has 224 valence electrons. The van der Waals surface area contributed by atoms with Crippen molar-refractivity contribution in [2.45, 2.75) is 0 Å². The molecule has 4 nitrogen and oxygen atoms in total. The Bertz CT molecular complexity index is 2810. The fourth-order valence-electron chi connectivity index (χ4n) is 7.39. The second-order valence-corrected chi connectivity index (χ2v) is 12.2. The lowest BCUT2D eigenvalue weighted by Gasteiger charge is -2.13. The average Bonchev–Trinajstić information content (AvgIpc) is 3.69. The third-order valence-electron chi connectivity index (χ3n) is 9.52. The third kappa shape index (κ3) is 3.96. The van der Waals surface area contributed by atoms with Crippen molar-refractivity contribution in [3.63, 3.8) is 0 Å². The molecule has 0 saturated carbocycles. The van der Waals surface area contributed by atoms with Gasteiger partial charge in [-0.15, -0.1) is 0 Å². The predicted octanol–water partition coefficient (Wildman–Crippen LogP) is 11.1. The van der Waals surface area contributed by atoms with E-state index in [0.29, 0.717) is 5.82 Å². The van der Waals surface area contributed by atoms with E-state index in [1.165, 1.54) is 32.6 Å². The first-order valence-corrected chi connectivity index (χ1v) is 16.3. The Labute approximate surface area is 276 Å². The summed E-state index contributed by atoms with van der Waals surface area (Å²) in [7, 11) is 0. The lowest BCUT2D eigenvalue weighted by molar-refractivity contribution is 1.05. The number of benzene rings is 7. The fraction of sp³-hybridized carbons (Fsp3) is 0. The van der Waals surface area contributed by atoms with Gasteiger partial charge in [-0.25, -0.2) is 9.97 Å². The number of nitrogens with zero attached hydrogens (tertiary/aromatic N) is 4. The summed E-state index contributed by atoms with van der Waals surface area (Å²) in [6.45, 7) is 0. The monoisotopic (exact) mass is 612 g/mol. The summed E-state index contributed by atoms with van der Waals surface area (Å²) in [5, 5.41) is 7.31. The number of hydrogen-bond acceptors (Lipinski definition) is 2. The van der Waals surface area contributed by atoms with E-state index in [4.69, 9.17) is 9.97 Å². The van der Waals surface area contributed by atoms with Gasteiger partial charge in [-0.05, 0) is 52.7 Å². The molecule has 0 bridgehead atoms. The quantitative estimate of drug-likeness (QED) is 0.198. The minimum atomic E-state index is 0.708. The largest absolute Gasteiger partial charge is 0.309 e. The van der Waals surface area contributed by atoms with Crippen LogP contribution in [0.1, 0.15) is 0 Å². The molecule has 0 radical (unpaired) electrons. The number of hydrogen-bond donors (Lipinski definition) is 0. The van der Waals surface area contributed by atoms with Crippen molar-refractivity contribution < 1.29 is 0 Å². The minimum absolute atomic E-state index is 0.708. The molecule has 0 saturated heterocycles. The van der Waals surface area contributed by atoms with Crippen molar-refractivity contribution in [2.24, 2.45) is 0 Å². The molecule has 3 aromatic heterocycles. The summed E-state index contributed by atoms with van der Waals surface area (Å²) in [5.74, 6) is 1.56. The second kappa shape index (κ2) is 10.5. The molecule has 4 heteroatoms. The van der Waals surface area contributed by atoms with Gasteiger partial charge in [0.1, 0.15) is 11.5 Å². The summed E-state index contributed by atoms with van der Waals surface area (Å²) < 4.78 is 4.62. The Morgan fingerprint density at radius 1 is 0.396 bits per heavy atom. The second-order valence-electron chi connectivity index (χ2n) is 12.2. The van der Waals surface area contributed by atoms with Gasteiger partial charge in [0.25, 0.3) is 0 Å². The Kier molecular flexibility index (Phi) is 5.84. The Balaban J connectivity index is 1.24. The molecule has 7 aromatic carbocycles. The van der Waals surface area contributed by atoms with Gasteiger partial charge in [0.2, 0.25) is 0 Å². The maximum absolute atomic E-state index is 5.29.